The lowest BCUT2D eigenvalue weighted by Gasteiger charge is -2.28. The van der Waals surface area contributed by atoms with Gasteiger partial charge < -0.3 is 29.0 Å². The molecule has 8 rings (SSSR count). The van der Waals surface area contributed by atoms with Crippen molar-refractivity contribution in [3.05, 3.63) is 150 Å². The zero-order chi connectivity index (χ0) is 40.2. The van der Waals surface area contributed by atoms with Crippen LogP contribution in [0.3, 0.4) is 0 Å². The van der Waals surface area contributed by atoms with Crippen molar-refractivity contribution in [2.75, 3.05) is 25.6 Å². The monoisotopic (exact) mass is 800 g/mol. The number of alkyl carbamates (subject to hydrolysis) is 1. The molecule has 4 aromatic carbocycles. The zero-order valence-electron chi connectivity index (χ0n) is 31.3. The lowest BCUT2D eigenvalue weighted by Crippen LogP contribution is -2.44. The summed E-state index contributed by atoms with van der Waals surface area (Å²) in [5, 5.41) is 2.67. The molecule has 12 nitrogen and oxygen atoms in total. The van der Waals surface area contributed by atoms with Crippen LogP contribution in [0.15, 0.2) is 128 Å². The van der Waals surface area contributed by atoms with Crippen LogP contribution in [-0.2, 0) is 45.6 Å². The van der Waals surface area contributed by atoms with Gasteiger partial charge in [0.2, 0.25) is 11.8 Å². The smallest absolute Gasteiger partial charge is 0.460 e. The van der Waals surface area contributed by atoms with Gasteiger partial charge in [0, 0.05) is 17.4 Å². The number of likely N-dealkylation sites (tertiary alicyclic amines) is 1. The van der Waals surface area contributed by atoms with Gasteiger partial charge in [0.25, 0.3) is 0 Å². The van der Waals surface area contributed by atoms with Crippen LogP contribution in [0.2, 0.25) is 0 Å². The Balaban J connectivity index is 0.813. The van der Waals surface area contributed by atoms with E-state index in [2.05, 4.69) is 24.0 Å². The maximum absolute atomic E-state index is 13.5. The number of amides is 3. The number of nitrogens with zero attached hydrogens (tertiary/aromatic N) is 1. The first-order chi connectivity index (χ1) is 28.2. The first-order valence-corrected chi connectivity index (χ1v) is 20.1. The van der Waals surface area contributed by atoms with Crippen LogP contribution < -0.4 is 10.1 Å². The Hall–Kier alpha value is -6.18. The van der Waals surface area contributed by atoms with Crippen LogP contribution in [0.5, 0.6) is 5.75 Å². The van der Waals surface area contributed by atoms with E-state index in [1.807, 2.05) is 66.7 Å². The lowest BCUT2D eigenvalue weighted by atomic mass is 9.77. The molecule has 58 heavy (non-hydrogen) atoms. The summed E-state index contributed by atoms with van der Waals surface area (Å²) in [4.78, 5) is 66.8. The normalized spacial score (nSPS) is 21.5. The first-order valence-electron chi connectivity index (χ1n) is 18.9. The number of carbonyl (C=O) groups is 5. The Labute approximate surface area is 339 Å². The van der Waals surface area contributed by atoms with Gasteiger partial charge in [-0.15, -0.1) is 0 Å². The summed E-state index contributed by atoms with van der Waals surface area (Å²) in [7, 11) is 0. The molecule has 2 saturated heterocycles. The van der Waals surface area contributed by atoms with E-state index in [0.29, 0.717) is 5.75 Å². The van der Waals surface area contributed by atoms with Gasteiger partial charge >= 0.3 is 18.2 Å². The molecular formula is C45H40N2O10S. The predicted molar refractivity (Wildman–Crippen MR) is 213 cm³/mol. The fourth-order valence-corrected chi connectivity index (χ4v) is 9.09. The number of benzene rings is 4. The van der Waals surface area contributed by atoms with Gasteiger partial charge in [-0.3, -0.25) is 14.5 Å². The van der Waals surface area contributed by atoms with Crippen LogP contribution in [0.4, 0.5) is 9.59 Å². The number of fused-ring (bicyclic) bond motifs is 8. The number of nitrogens with one attached hydrogen (secondary N) is 1. The average Bonchev–Trinajstić information content (AvgIpc) is 3.98. The maximum atomic E-state index is 13.5. The summed E-state index contributed by atoms with van der Waals surface area (Å²) in [6.07, 6.45) is 2.60. The maximum Gasteiger partial charge on any atom is 0.513 e. The van der Waals surface area contributed by atoms with Crippen molar-refractivity contribution in [1.29, 1.82) is 0 Å². The molecule has 3 heterocycles. The third-order valence-electron chi connectivity index (χ3n) is 10.8. The molecule has 0 saturated carbocycles. The lowest BCUT2D eigenvalue weighted by molar-refractivity contribution is -0.146. The van der Waals surface area contributed by atoms with Gasteiger partial charge in [0.05, 0.1) is 24.5 Å². The van der Waals surface area contributed by atoms with E-state index in [4.69, 9.17) is 23.7 Å². The van der Waals surface area contributed by atoms with E-state index in [1.54, 1.807) is 36.4 Å². The Morgan fingerprint density at radius 2 is 1.53 bits per heavy atom. The Morgan fingerprint density at radius 3 is 2.24 bits per heavy atom. The molecule has 4 aliphatic rings. The van der Waals surface area contributed by atoms with Gasteiger partial charge in [-0.1, -0.05) is 110 Å². The number of esters is 1. The summed E-state index contributed by atoms with van der Waals surface area (Å²) >= 11 is 1.39. The van der Waals surface area contributed by atoms with E-state index < -0.39 is 47.8 Å². The summed E-state index contributed by atoms with van der Waals surface area (Å²) in [5.41, 5.74) is 4.81. The van der Waals surface area contributed by atoms with Crippen molar-refractivity contribution in [1.82, 2.24) is 10.2 Å². The molecule has 1 N–H and O–H groups in total. The van der Waals surface area contributed by atoms with E-state index >= 15 is 0 Å². The zero-order valence-corrected chi connectivity index (χ0v) is 32.1. The van der Waals surface area contributed by atoms with Crippen LogP contribution in [-0.4, -0.2) is 78.3 Å². The first kappa shape index (κ1) is 38.7. The Bertz CT molecular complexity index is 2220. The van der Waals surface area contributed by atoms with Gasteiger partial charge in [0.1, 0.15) is 37.2 Å². The number of carbonyl (C=O) groups excluding carboxylic acids is 5. The molecule has 5 atom stereocenters. The minimum atomic E-state index is -1.26. The summed E-state index contributed by atoms with van der Waals surface area (Å²) < 4.78 is 27.9. The summed E-state index contributed by atoms with van der Waals surface area (Å²) in [6, 6.07) is 31.1. The van der Waals surface area contributed by atoms with Gasteiger partial charge in [-0.2, -0.15) is 11.8 Å². The average molecular weight is 801 g/mol. The van der Waals surface area contributed by atoms with Crippen molar-refractivity contribution < 1.29 is 47.7 Å². The highest BCUT2D eigenvalue weighted by molar-refractivity contribution is 7.98. The molecule has 5 unspecified atom stereocenters. The van der Waals surface area contributed by atoms with Crippen LogP contribution in [0, 0.1) is 11.8 Å². The van der Waals surface area contributed by atoms with Crippen LogP contribution in [0.25, 0.3) is 11.1 Å². The van der Waals surface area contributed by atoms with E-state index in [-0.39, 0.29) is 55.6 Å². The number of hydrogen-bond acceptors (Lipinski definition) is 11. The van der Waals surface area contributed by atoms with Gasteiger partial charge in [-0.25, -0.2) is 14.4 Å². The third-order valence-corrected chi connectivity index (χ3v) is 11.9. The SMILES string of the molecule is C=CCOC(=O)C(CSCc1ccc(OC(=O)OCC23C=CC(O2)C2C(=O)N(Cc4ccccc4)C(=O)C23)cc1)NC(=O)OCC1c2ccccc2-c2ccccc21. The van der Waals surface area contributed by atoms with E-state index in [0.717, 1.165) is 33.4 Å². The van der Waals surface area contributed by atoms with Crippen LogP contribution in [0.1, 0.15) is 28.2 Å². The summed E-state index contributed by atoms with van der Waals surface area (Å²) in [6.45, 7) is 3.55. The molecule has 13 heteroatoms. The number of rotatable bonds is 15. The number of hydrogen-bond donors (Lipinski definition) is 1. The Morgan fingerprint density at radius 1 is 0.845 bits per heavy atom. The molecule has 0 radical (unpaired) electrons. The molecule has 3 amide bonds. The molecule has 4 aromatic rings. The van der Waals surface area contributed by atoms with E-state index in [1.165, 1.54) is 22.7 Å². The van der Waals surface area contributed by atoms with Crippen LogP contribution >= 0.6 is 11.8 Å². The molecule has 1 aliphatic carbocycles. The van der Waals surface area contributed by atoms with Crippen molar-refractivity contribution in [3.63, 3.8) is 0 Å². The minimum Gasteiger partial charge on any atom is -0.460 e. The second-order valence-corrected chi connectivity index (χ2v) is 15.4. The van der Waals surface area contributed by atoms with Crippen molar-refractivity contribution in [2.24, 2.45) is 11.8 Å². The molecule has 0 aromatic heterocycles. The second kappa shape index (κ2) is 16.7. The molecule has 296 valence electrons. The summed E-state index contributed by atoms with van der Waals surface area (Å²) in [5.74, 6) is -1.99. The predicted octanol–water partition coefficient (Wildman–Crippen LogP) is 6.58. The topological polar surface area (TPSA) is 147 Å². The van der Waals surface area contributed by atoms with Crippen molar-refractivity contribution >= 4 is 41.8 Å². The molecule has 2 fully saturated rings. The number of ether oxygens (including phenoxy) is 5. The fraction of sp³-hybridized carbons (Fsp3) is 0.267. The third kappa shape index (κ3) is 7.74. The van der Waals surface area contributed by atoms with E-state index in [9.17, 15) is 24.0 Å². The highest BCUT2D eigenvalue weighted by Crippen LogP contribution is 2.52. The number of thioether (sulfide) groups is 1. The van der Waals surface area contributed by atoms with Gasteiger partial charge in [0.15, 0.2) is 0 Å². The van der Waals surface area contributed by atoms with Crippen molar-refractivity contribution in [2.45, 2.75) is 36.0 Å². The quantitative estimate of drug-likeness (QED) is 0.0458. The molecule has 2 bridgehead atoms. The molecule has 3 aliphatic heterocycles. The second-order valence-electron chi connectivity index (χ2n) is 14.4. The Kier molecular flexibility index (Phi) is 11.2. The highest BCUT2D eigenvalue weighted by Gasteiger charge is 2.68. The highest BCUT2D eigenvalue weighted by atomic mass is 32.2. The van der Waals surface area contributed by atoms with Gasteiger partial charge in [-0.05, 0) is 51.6 Å². The molecular weight excluding hydrogens is 761 g/mol. The van der Waals surface area contributed by atoms with Crippen molar-refractivity contribution in [3.8, 4) is 16.9 Å². The molecule has 0 spiro atoms. The minimum absolute atomic E-state index is 0.00620. The fourth-order valence-electron chi connectivity index (χ4n) is 8.09. The largest absolute Gasteiger partial charge is 0.513 e. The standard InChI is InChI=1S/C45H40N2O10S/c1-2-22-53-42(50)36(46-43(51)54-24-35-33-14-8-6-12-31(33)32-13-7-9-15-34(32)35)26-58-25-29-16-18-30(19-17-29)56-44(52)55-27-45-21-20-37(57-45)38-39(45)41(49)47(40(38)48)23-28-10-4-3-5-11-28/h2-21,35-39H,1,22-27H2,(H,46,51). The number of imide groups is 1.